The molecule has 0 spiro atoms. The molecule has 2 aromatic carbocycles. The second-order valence-corrected chi connectivity index (χ2v) is 9.71. The number of piperazine rings is 1. The molecule has 8 nitrogen and oxygen atoms in total. The van der Waals surface area contributed by atoms with Crippen molar-refractivity contribution in [2.45, 2.75) is 31.3 Å². The minimum atomic E-state index is -1.06. The Bertz CT molecular complexity index is 1330. The first-order valence-electron chi connectivity index (χ1n) is 12.3. The number of benzene rings is 2. The van der Waals surface area contributed by atoms with Crippen LogP contribution < -0.4 is 10.1 Å². The van der Waals surface area contributed by atoms with Crippen LogP contribution in [0.1, 0.15) is 36.2 Å². The molecule has 5 rings (SSSR count). The van der Waals surface area contributed by atoms with Gasteiger partial charge in [-0.15, -0.1) is 6.58 Å². The lowest BCUT2D eigenvalue weighted by molar-refractivity contribution is -0.167. The Kier molecular flexibility index (Phi) is 6.22. The average molecular weight is 489 g/mol. The number of phenolic OH excluding ortho intramolecular Hbond substituents is 1. The molecular formula is C28H32N4O4. The molecule has 0 unspecified atom stereocenters. The van der Waals surface area contributed by atoms with Crippen molar-refractivity contribution in [1.82, 2.24) is 20.1 Å². The van der Waals surface area contributed by atoms with Crippen molar-refractivity contribution in [1.29, 1.82) is 0 Å². The fourth-order valence-corrected chi connectivity index (χ4v) is 5.68. The number of nitrogens with zero attached hydrogens (tertiary/aromatic N) is 2. The number of rotatable bonds is 8. The summed E-state index contributed by atoms with van der Waals surface area (Å²) in [5.41, 5.74) is 2.46. The number of hydrogen-bond donors (Lipinski definition) is 3. The normalized spacial score (nSPS) is 21.4. The van der Waals surface area contributed by atoms with Gasteiger partial charge in [-0.1, -0.05) is 18.2 Å². The number of nitrogens with one attached hydrogen (secondary N) is 2. The first-order chi connectivity index (χ1) is 17.4. The molecule has 0 aliphatic carbocycles. The van der Waals surface area contributed by atoms with E-state index in [4.69, 9.17) is 4.74 Å². The Morgan fingerprint density at radius 2 is 2.11 bits per heavy atom. The van der Waals surface area contributed by atoms with Gasteiger partial charge in [0.25, 0.3) is 0 Å². The fourth-order valence-electron chi connectivity index (χ4n) is 5.68. The molecule has 1 saturated heterocycles. The topological polar surface area (TPSA) is 97.9 Å². The smallest absolute Gasteiger partial charge is 0.249 e. The van der Waals surface area contributed by atoms with Crippen molar-refractivity contribution in [3.05, 3.63) is 71.9 Å². The SMILES string of the molecule is C=CCNCCCN1CC(=O)N2[C@H](c3cccc(O)c3)c3[nH]c4ccc(OC)cc4c3C[C@@]2(C)C1=O. The van der Waals surface area contributed by atoms with Gasteiger partial charge in [0.15, 0.2) is 0 Å². The molecule has 188 valence electrons. The first kappa shape index (κ1) is 23.9. The van der Waals surface area contributed by atoms with Crippen LogP contribution in [-0.4, -0.2) is 70.5 Å². The molecule has 3 aromatic rings. The van der Waals surface area contributed by atoms with Crippen molar-refractivity contribution in [3.8, 4) is 11.5 Å². The first-order valence-corrected chi connectivity index (χ1v) is 12.3. The molecule has 3 N–H and O–H groups in total. The van der Waals surface area contributed by atoms with Gasteiger partial charge in [0.2, 0.25) is 11.8 Å². The van der Waals surface area contributed by atoms with Crippen molar-refractivity contribution in [2.75, 3.05) is 33.3 Å². The summed E-state index contributed by atoms with van der Waals surface area (Å²) < 4.78 is 5.47. The third-order valence-corrected chi connectivity index (χ3v) is 7.33. The molecule has 2 aliphatic rings. The molecule has 36 heavy (non-hydrogen) atoms. The van der Waals surface area contributed by atoms with Crippen LogP contribution >= 0.6 is 0 Å². The maximum atomic E-state index is 14.0. The number of phenols is 1. The summed E-state index contributed by atoms with van der Waals surface area (Å²) in [4.78, 5) is 34.6. The quantitative estimate of drug-likeness (QED) is 0.334. The average Bonchev–Trinajstić information content (AvgIpc) is 3.22. The van der Waals surface area contributed by atoms with Crippen molar-refractivity contribution in [2.24, 2.45) is 0 Å². The zero-order valence-corrected chi connectivity index (χ0v) is 20.7. The molecule has 2 amide bonds. The third kappa shape index (κ3) is 3.91. The maximum absolute atomic E-state index is 14.0. The minimum Gasteiger partial charge on any atom is -0.508 e. The number of carbonyl (C=O) groups excluding carboxylic acids is 2. The van der Waals surface area contributed by atoms with Crippen LogP contribution in [0.2, 0.25) is 0 Å². The van der Waals surface area contributed by atoms with E-state index in [0.29, 0.717) is 19.5 Å². The van der Waals surface area contributed by atoms with E-state index in [0.717, 1.165) is 46.4 Å². The zero-order chi connectivity index (χ0) is 25.4. The van der Waals surface area contributed by atoms with Crippen molar-refractivity contribution < 1.29 is 19.4 Å². The summed E-state index contributed by atoms with van der Waals surface area (Å²) >= 11 is 0. The lowest BCUT2D eigenvalue weighted by atomic mass is 9.78. The van der Waals surface area contributed by atoms with E-state index in [9.17, 15) is 14.7 Å². The molecule has 3 heterocycles. The van der Waals surface area contributed by atoms with E-state index in [1.165, 1.54) is 0 Å². The monoisotopic (exact) mass is 488 g/mol. The second kappa shape index (κ2) is 9.35. The summed E-state index contributed by atoms with van der Waals surface area (Å²) in [6.45, 7) is 7.56. The molecule has 0 radical (unpaired) electrons. The van der Waals surface area contributed by atoms with Crippen LogP contribution in [0, 0.1) is 0 Å². The number of hydrogen-bond acceptors (Lipinski definition) is 5. The van der Waals surface area contributed by atoms with Gasteiger partial charge in [0.05, 0.1) is 19.7 Å². The molecule has 2 atom stereocenters. The summed E-state index contributed by atoms with van der Waals surface area (Å²) in [7, 11) is 1.63. The number of H-pyrrole nitrogens is 1. The van der Waals surface area contributed by atoms with E-state index in [2.05, 4.69) is 16.9 Å². The Morgan fingerprint density at radius 1 is 1.28 bits per heavy atom. The number of aromatic nitrogens is 1. The van der Waals surface area contributed by atoms with Crippen LogP contribution in [0.25, 0.3) is 10.9 Å². The number of methoxy groups -OCH3 is 1. The Morgan fingerprint density at radius 3 is 2.86 bits per heavy atom. The third-order valence-electron chi connectivity index (χ3n) is 7.33. The maximum Gasteiger partial charge on any atom is 0.249 e. The minimum absolute atomic E-state index is 0.0363. The molecule has 2 aliphatic heterocycles. The summed E-state index contributed by atoms with van der Waals surface area (Å²) in [6.07, 6.45) is 2.93. The highest BCUT2D eigenvalue weighted by Gasteiger charge is 2.55. The lowest BCUT2D eigenvalue weighted by Crippen LogP contribution is -2.69. The molecule has 0 saturated carbocycles. The fraction of sp³-hybridized carbons (Fsp3) is 0.357. The van der Waals surface area contributed by atoms with E-state index >= 15 is 0 Å². The van der Waals surface area contributed by atoms with Crippen LogP contribution in [-0.2, 0) is 16.0 Å². The number of carbonyl (C=O) groups is 2. The van der Waals surface area contributed by atoms with E-state index in [1.54, 1.807) is 41.2 Å². The van der Waals surface area contributed by atoms with Crippen LogP contribution in [0.4, 0.5) is 0 Å². The highest BCUT2D eigenvalue weighted by molar-refractivity contribution is 6.00. The molecule has 1 fully saturated rings. The van der Waals surface area contributed by atoms with Gasteiger partial charge in [0, 0.05) is 36.1 Å². The van der Waals surface area contributed by atoms with E-state index < -0.39 is 11.6 Å². The van der Waals surface area contributed by atoms with Gasteiger partial charge in [-0.25, -0.2) is 0 Å². The molecule has 0 bridgehead atoms. The van der Waals surface area contributed by atoms with Gasteiger partial charge < -0.3 is 29.9 Å². The lowest BCUT2D eigenvalue weighted by Gasteiger charge is -2.53. The van der Waals surface area contributed by atoms with Crippen LogP contribution in [0.15, 0.2) is 55.1 Å². The van der Waals surface area contributed by atoms with Gasteiger partial charge in [-0.2, -0.15) is 0 Å². The van der Waals surface area contributed by atoms with Gasteiger partial charge >= 0.3 is 0 Å². The zero-order valence-electron chi connectivity index (χ0n) is 20.7. The Hall–Kier alpha value is -3.78. The Balaban J connectivity index is 1.60. The Labute approximate surface area is 210 Å². The predicted octanol–water partition coefficient (Wildman–Crippen LogP) is 3.12. The standard InChI is InChI=1S/C28H32N4O4/c1-4-11-29-12-6-13-31-17-24(34)32-26(18-7-5-8-19(33)14-18)25-22(16-28(32,2)27(31)35)21-15-20(36-3)9-10-23(21)30-25/h4-5,7-10,14-15,26,29-30,33H,1,6,11-13,16-17H2,2-3H3/t26-,28+/m1/s1. The van der Waals surface area contributed by atoms with Crippen LogP contribution in [0.3, 0.4) is 0 Å². The molecule has 8 heteroatoms. The largest absolute Gasteiger partial charge is 0.508 e. The number of amides is 2. The van der Waals surface area contributed by atoms with Crippen molar-refractivity contribution in [3.63, 3.8) is 0 Å². The van der Waals surface area contributed by atoms with Crippen molar-refractivity contribution >= 4 is 22.7 Å². The van der Waals surface area contributed by atoms with E-state index in [-0.39, 0.29) is 24.1 Å². The number of aromatic amines is 1. The van der Waals surface area contributed by atoms with Gasteiger partial charge in [0.1, 0.15) is 17.0 Å². The molecule has 1 aromatic heterocycles. The van der Waals surface area contributed by atoms with Gasteiger partial charge in [-0.05, 0) is 61.3 Å². The summed E-state index contributed by atoms with van der Waals surface area (Å²) in [5, 5.41) is 14.5. The summed E-state index contributed by atoms with van der Waals surface area (Å²) in [6, 6.07) is 12.2. The highest BCUT2D eigenvalue weighted by atomic mass is 16.5. The van der Waals surface area contributed by atoms with E-state index in [1.807, 2.05) is 31.2 Å². The number of ether oxygens (including phenoxy) is 1. The van der Waals surface area contributed by atoms with Crippen LogP contribution in [0.5, 0.6) is 11.5 Å². The molecular weight excluding hydrogens is 456 g/mol. The summed E-state index contributed by atoms with van der Waals surface area (Å²) in [5.74, 6) is 0.680. The highest BCUT2D eigenvalue weighted by Crippen LogP contribution is 2.47. The number of aromatic hydroxyl groups is 1. The van der Waals surface area contributed by atoms with Gasteiger partial charge in [-0.3, -0.25) is 9.59 Å². The second-order valence-electron chi connectivity index (χ2n) is 9.71. The predicted molar refractivity (Wildman–Crippen MR) is 138 cm³/mol. The number of fused-ring (bicyclic) bond motifs is 4.